The molecule has 2 aromatic rings. The fraction of sp³-hybridized carbons (Fsp3) is 0.316. The van der Waals surface area contributed by atoms with Crippen molar-refractivity contribution in [1.82, 2.24) is 0 Å². The Bertz CT molecular complexity index is 619. The monoisotopic (exact) mass is 309 g/mol. The van der Waals surface area contributed by atoms with Gasteiger partial charge in [-0.2, -0.15) is 0 Å². The van der Waals surface area contributed by atoms with Crippen molar-refractivity contribution in [3.8, 4) is 0 Å². The van der Waals surface area contributed by atoms with Crippen molar-refractivity contribution in [2.45, 2.75) is 19.3 Å². The maximum atomic E-state index is 11.9. The van der Waals surface area contributed by atoms with Crippen LogP contribution in [0.4, 0.5) is 17.1 Å². The van der Waals surface area contributed by atoms with E-state index in [1.807, 2.05) is 42.5 Å². The Hall–Kier alpha value is -2.49. The van der Waals surface area contributed by atoms with Gasteiger partial charge in [-0.15, -0.1) is 0 Å². The third kappa shape index (κ3) is 4.49. The number of rotatable bonds is 5. The van der Waals surface area contributed by atoms with Crippen molar-refractivity contribution in [3.63, 3.8) is 0 Å². The molecule has 1 amide bonds. The first-order valence-corrected chi connectivity index (χ1v) is 8.25. The summed E-state index contributed by atoms with van der Waals surface area (Å²) in [5, 5.41) is 6.03. The van der Waals surface area contributed by atoms with Gasteiger partial charge in [0.1, 0.15) is 0 Å². The Balaban J connectivity index is 1.49. The van der Waals surface area contributed by atoms with Gasteiger partial charge in [0, 0.05) is 30.2 Å². The summed E-state index contributed by atoms with van der Waals surface area (Å²) < 4.78 is 0. The van der Waals surface area contributed by atoms with Crippen molar-refractivity contribution >= 4 is 23.0 Å². The van der Waals surface area contributed by atoms with Crippen LogP contribution in [-0.4, -0.2) is 25.5 Å². The topological polar surface area (TPSA) is 44.4 Å². The lowest BCUT2D eigenvalue weighted by molar-refractivity contribution is -0.114. The van der Waals surface area contributed by atoms with E-state index in [1.54, 1.807) is 0 Å². The lowest BCUT2D eigenvalue weighted by atomic mass is 10.1. The van der Waals surface area contributed by atoms with Gasteiger partial charge in [0.25, 0.3) is 0 Å². The molecule has 0 spiro atoms. The summed E-state index contributed by atoms with van der Waals surface area (Å²) in [6, 6.07) is 17.8. The standard InChI is InChI=1S/C19H23N3O/c23-19(21-17-7-3-1-4-8-17)15-20-16-9-11-18(12-10-16)22-13-5-2-6-14-22/h1,3-4,7-12,20H,2,5-6,13-15H2,(H,21,23). The number of benzene rings is 2. The van der Waals surface area contributed by atoms with Crippen LogP contribution in [0.2, 0.25) is 0 Å². The number of hydrogen-bond donors (Lipinski definition) is 2. The Morgan fingerprint density at radius 3 is 2.26 bits per heavy atom. The minimum atomic E-state index is -0.0451. The van der Waals surface area contributed by atoms with Gasteiger partial charge in [-0.1, -0.05) is 18.2 Å². The fourth-order valence-electron chi connectivity index (χ4n) is 2.85. The molecule has 2 N–H and O–H groups in total. The summed E-state index contributed by atoms with van der Waals surface area (Å²) in [4.78, 5) is 14.3. The smallest absolute Gasteiger partial charge is 0.243 e. The highest BCUT2D eigenvalue weighted by molar-refractivity contribution is 5.93. The van der Waals surface area contributed by atoms with Crippen LogP contribution in [0.3, 0.4) is 0 Å². The molecule has 0 radical (unpaired) electrons. The number of piperidine rings is 1. The van der Waals surface area contributed by atoms with Crippen molar-refractivity contribution in [2.24, 2.45) is 0 Å². The van der Waals surface area contributed by atoms with E-state index < -0.39 is 0 Å². The van der Waals surface area contributed by atoms with Crippen molar-refractivity contribution in [1.29, 1.82) is 0 Å². The molecule has 2 aromatic carbocycles. The SMILES string of the molecule is O=C(CNc1ccc(N2CCCCC2)cc1)Nc1ccccc1. The number of carbonyl (C=O) groups excluding carboxylic acids is 1. The molecule has 0 aliphatic carbocycles. The molecule has 1 aliphatic rings. The molecule has 0 aromatic heterocycles. The highest BCUT2D eigenvalue weighted by atomic mass is 16.1. The maximum Gasteiger partial charge on any atom is 0.243 e. The summed E-state index contributed by atoms with van der Waals surface area (Å²) in [5.41, 5.74) is 3.05. The first-order valence-electron chi connectivity index (χ1n) is 8.25. The number of nitrogens with one attached hydrogen (secondary N) is 2. The van der Waals surface area contributed by atoms with E-state index in [4.69, 9.17) is 0 Å². The summed E-state index contributed by atoms with van der Waals surface area (Å²) in [6.45, 7) is 2.55. The van der Waals surface area contributed by atoms with Crippen LogP contribution in [0, 0.1) is 0 Å². The molecule has 120 valence electrons. The van der Waals surface area contributed by atoms with Gasteiger partial charge in [0.2, 0.25) is 5.91 Å². The molecule has 1 heterocycles. The molecule has 23 heavy (non-hydrogen) atoms. The van der Waals surface area contributed by atoms with Crippen LogP contribution < -0.4 is 15.5 Å². The third-order valence-corrected chi connectivity index (χ3v) is 4.10. The fourth-order valence-corrected chi connectivity index (χ4v) is 2.85. The van der Waals surface area contributed by atoms with Gasteiger partial charge in [-0.25, -0.2) is 0 Å². The minimum Gasteiger partial charge on any atom is -0.376 e. The zero-order valence-electron chi connectivity index (χ0n) is 13.3. The lowest BCUT2D eigenvalue weighted by Crippen LogP contribution is -2.29. The van der Waals surface area contributed by atoms with Crippen molar-refractivity contribution < 1.29 is 4.79 Å². The number of carbonyl (C=O) groups is 1. The van der Waals surface area contributed by atoms with Gasteiger partial charge >= 0.3 is 0 Å². The largest absolute Gasteiger partial charge is 0.376 e. The summed E-state index contributed by atoms with van der Waals surface area (Å²) >= 11 is 0. The normalized spacial score (nSPS) is 14.3. The molecule has 0 unspecified atom stereocenters. The van der Waals surface area contributed by atoms with Gasteiger partial charge in [0.15, 0.2) is 0 Å². The quantitative estimate of drug-likeness (QED) is 0.884. The van der Waals surface area contributed by atoms with Gasteiger partial charge in [-0.05, 0) is 55.7 Å². The summed E-state index contributed by atoms with van der Waals surface area (Å²) in [7, 11) is 0. The van der Waals surface area contributed by atoms with E-state index >= 15 is 0 Å². The second-order valence-electron chi connectivity index (χ2n) is 5.86. The highest BCUT2D eigenvalue weighted by Gasteiger charge is 2.10. The Labute approximate surface area is 137 Å². The van der Waals surface area contributed by atoms with E-state index in [0.717, 1.165) is 24.5 Å². The maximum absolute atomic E-state index is 11.9. The van der Waals surface area contributed by atoms with Crippen LogP contribution >= 0.6 is 0 Å². The minimum absolute atomic E-state index is 0.0451. The molecule has 1 fully saturated rings. The second-order valence-corrected chi connectivity index (χ2v) is 5.86. The zero-order chi connectivity index (χ0) is 15.9. The van der Waals surface area contributed by atoms with Crippen LogP contribution in [-0.2, 0) is 4.79 Å². The first-order chi connectivity index (χ1) is 11.3. The number of anilines is 3. The Morgan fingerprint density at radius 1 is 0.870 bits per heavy atom. The molecule has 4 nitrogen and oxygen atoms in total. The molecule has 3 rings (SSSR count). The zero-order valence-corrected chi connectivity index (χ0v) is 13.3. The van der Waals surface area contributed by atoms with Gasteiger partial charge in [0.05, 0.1) is 6.54 Å². The highest BCUT2D eigenvalue weighted by Crippen LogP contribution is 2.21. The second kappa shape index (κ2) is 7.68. The number of amides is 1. The summed E-state index contributed by atoms with van der Waals surface area (Å²) in [6.07, 6.45) is 3.89. The lowest BCUT2D eigenvalue weighted by Gasteiger charge is -2.28. The number of nitrogens with zero attached hydrogens (tertiary/aromatic N) is 1. The molecule has 0 bridgehead atoms. The molecule has 1 aliphatic heterocycles. The van der Waals surface area contributed by atoms with Crippen LogP contribution in [0.15, 0.2) is 54.6 Å². The van der Waals surface area contributed by atoms with Gasteiger partial charge < -0.3 is 15.5 Å². The molecule has 1 saturated heterocycles. The molecule has 0 atom stereocenters. The Morgan fingerprint density at radius 2 is 1.57 bits per heavy atom. The first kappa shape index (κ1) is 15.4. The third-order valence-electron chi connectivity index (χ3n) is 4.10. The Kier molecular flexibility index (Phi) is 5.14. The predicted molar refractivity (Wildman–Crippen MR) is 96.1 cm³/mol. The van der Waals surface area contributed by atoms with Gasteiger partial charge in [-0.3, -0.25) is 4.79 Å². The van der Waals surface area contributed by atoms with E-state index in [1.165, 1.54) is 24.9 Å². The predicted octanol–water partition coefficient (Wildman–Crippen LogP) is 3.73. The number of para-hydroxylation sites is 1. The van der Waals surface area contributed by atoms with E-state index in [-0.39, 0.29) is 12.5 Å². The van der Waals surface area contributed by atoms with Crippen LogP contribution in [0.1, 0.15) is 19.3 Å². The van der Waals surface area contributed by atoms with Crippen molar-refractivity contribution in [2.75, 3.05) is 35.2 Å². The molecular weight excluding hydrogens is 286 g/mol. The average Bonchev–Trinajstić information content (AvgIpc) is 2.62. The molecular formula is C19H23N3O. The van der Waals surface area contributed by atoms with E-state index in [2.05, 4.69) is 27.7 Å². The van der Waals surface area contributed by atoms with E-state index in [9.17, 15) is 4.79 Å². The number of hydrogen-bond acceptors (Lipinski definition) is 3. The van der Waals surface area contributed by atoms with Crippen LogP contribution in [0.5, 0.6) is 0 Å². The average molecular weight is 309 g/mol. The van der Waals surface area contributed by atoms with E-state index in [0.29, 0.717) is 0 Å². The van der Waals surface area contributed by atoms with Crippen LogP contribution in [0.25, 0.3) is 0 Å². The summed E-state index contributed by atoms with van der Waals surface area (Å²) in [5.74, 6) is -0.0451. The molecule has 4 heteroatoms. The molecule has 0 saturated carbocycles. The van der Waals surface area contributed by atoms with Crippen molar-refractivity contribution in [3.05, 3.63) is 54.6 Å².